The van der Waals surface area contributed by atoms with Crippen molar-refractivity contribution in [3.63, 3.8) is 0 Å². The molecule has 1 N–H and O–H groups in total. The Morgan fingerprint density at radius 3 is 2.56 bits per heavy atom. The molecule has 0 spiro atoms. The van der Waals surface area contributed by atoms with Gasteiger partial charge in [0.15, 0.2) is 0 Å². The van der Waals surface area contributed by atoms with E-state index in [9.17, 15) is 9.59 Å². The standard InChI is InChI=1S/C26H28N4O4/c1-4-5-13-29-17-27-24-20(18-9-7-6-8-10-18)15-30(25(24)26(29)32)16-23(31)28-21-14-19(33-2)11-12-22(21)34-3/h6-12,14-15,17H,4-5,13,16H2,1-3H3,(H,28,31). The van der Waals surface area contributed by atoms with E-state index in [0.29, 0.717) is 34.8 Å². The third-order valence-corrected chi connectivity index (χ3v) is 5.67. The Hall–Kier alpha value is -4.07. The first-order valence-electron chi connectivity index (χ1n) is 11.2. The number of amides is 1. The van der Waals surface area contributed by atoms with Crippen molar-refractivity contribution in [1.82, 2.24) is 14.1 Å². The number of aromatic nitrogens is 3. The molecule has 0 atom stereocenters. The zero-order chi connectivity index (χ0) is 24.1. The van der Waals surface area contributed by atoms with Gasteiger partial charge in [-0.3, -0.25) is 14.2 Å². The number of unbranched alkanes of at least 4 members (excludes halogenated alkanes) is 1. The van der Waals surface area contributed by atoms with Gasteiger partial charge in [-0.25, -0.2) is 4.98 Å². The zero-order valence-electron chi connectivity index (χ0n) is 19.6. The highest BCUT2D eigenvalue weighted by molar-refractivity contribution is 5.96. The highest BCUT2D eigenvalue weighted by Gasteiger charge is 2.19. The molecule has 0 aliphatic heterocycles. The van der Waals surface area contributed by atoms with Gasteiger partial charge in [0, 0.05) is 24.4 Å². The molecule has 1 amide bonds. The Morgan fingerprint density at radius 2 is 1.85 bits per heavy atom. The van der Waals surface area contributed by atoms with Crippen molar-refractivity contribution >= 4 is 22.6 Å². The summed E-state index contributed by atoms with van der Waals surface area (Å²) in [6.07, 6.45) is 5.25. The summed E-state index contributed by atoms with van der Waals surface area (Å²) in [5.41, 5.74) is 3.06. The summed E-state index contributed by atoms with van der Waals surface area (Å²) < 4.78 is 13.9. The Balaban J connectivity index is 1.74. The molecular formula is C26H28N4O4. The summed E-state index contributed by atoms with van der Waals surface area (Å²) in [7, 11) is 3.09. The molecule has 2 heterocycles. The first kappa shape index (κ1) is 23.1. The number of carbonyl (C=O) groups is 1. The number of ether oxygens (including phenoxy) is 2. The van der Waals surface area contributed by atoms with Gasteiger partial charge in [-0.2, -0.15) is 0 Å². The molecule has 0 saturated heterocycles. The highest BCUT2D eigenvalue weighted by atomic mass is 16.5. The summed E-state index contributed by atoms with van der Waals surface area (Å²) in [4.78, 5) is 31.0. The minimum atomic E-state index is -0.300. The lowest BCUT2D eigenvalue weighted by atomic mass is 10.1. The van der Waals surface area contributed by atoms with Crippen molar-refractivity contribution in [2.45, 2.75) is 32.9 Å². The monoisotopic (exact) mass is 460 g/mol. The first-order valence-corrected chi connectivity index (χ1v) is 11.2. The topological polar surface area (TPSA) is 87.4 Å². The van der Waals surface area contributed by atoms with Crippen LogP contribution in [0, 0.1) is 0 Å². The van der Waals surface area contributed by atoms with Crippen LogP contribution < -0.4 is 20.3 Å². The molecule has 0 aliphatic rings. The number of methoxy groups -OCH3 is 2. The second-order valence-electron chi connectivity index (χ2n) is 7.94. The van der Waals surface area contributed by atoms with Gasteiger partial charge in [0.1, 0.15) is 29.1 Å². The Labute approximate surface area is 197 Å². The fourth-order valence-corrected chi connectivity index (χ4v) is 3.91. The molecule has 0 bridgehead atoms. The van der Waals surface area contributed by atoms with Crippen molar-refractivity contribution in [2.24, 2.45) is 0 Å². The normalized spacial score (nSPS) is 10.9. The third kappa shape index (κ3) is 4.66. The molecule has 0 unspecified atom stereocenters. The summed E-state index contributed by atoms with van der Waals surface area (Å²) in [5.74, 6) is 0.809. The van der Waals surface area contributed by atoms with E-state index in [4.69, 9.17) is 9.47 Å². The van der Waals surface area contributed by atoms with Gasteiger partial charge < -0.3 is 19.4 Å². The maximum absolute atomic E-state index is 13.4. The molecule has 0 radical (unpaired) electrons. The van der Waals surface area contributed by atoms with E-state index < -0.39 is 0 Å². The molecule has 0 saturated carbocycles. The van der Waals surface area contributed by atoms with Crippen molar-refractivity contribution < 1.29 is 14.3 Å². The lowest BCUT2D eigenvalue weighted by molar-refractivity contribution is -0.116. The number of nitrogens with one attached hydrogen (secondary N) is 1. The van der Waals surface area contributed by atoms with Gasteiger partial charge in [0.05, 0.1) is 26.2 Å². The van der Waals surface area contributed by atoms with E-state index in [1.54, 1.807) is 40.8 Å². The maximum atomic E-state index is 13.4. The summed E-state index contributed by atoms with van der Waals surface area (Å²) in [6.45, 7) is 2.60. The van der Waals surface area contributed by atoms with Gasteiger partial charge >= 0.3 is 0 Å². The highest BCUT2D eigenvalue weighted by Crippen LogP contribution is 2.30. The largest absolute Gasteiger partial charge is 0.497 e. The van der Waals surface area contributed by atoms with Gasteiger partial charge in [0.2, 0.25) is 5.91 Å². The minimum absolute atomic E-state index is 0.0571. The molecule has 0 aliphatic carbocycles. The smallest absolute Gasteiger partial charge is 0.277 e. The van der Waals surface area contributed by atoms with Gasteiger partial charge in [0.25, 0.3) is 5.56 Å². The molecule has 0 fully saturated rings. The van der Waals surface area contributed by atoms with Crippen LogP contribution >= 0.6 is 0 Å². The van der Waals surface area contributed by atoms with Gasteiger partial charge in [-0.15, -0.1) is 0 Å². The average molecular weight is 461 g/mol. The van der Waals surface area contributed by atoms with Gasteiger partial charge in [-0.1, -0.05) is 43.7 Å². The van der Waals surface area contributed by atoms with Crippen LogP contribution in [0.1, 0.15) is 19.8 Å². The van der Waals surface area contributed by atoms with Crippen LogP contribution in [0.25, 0.3) is 22.2 Å². The van der Waals surface area contributed by atoms with Crippen LogP contribution in [0.3, 0.4) is 0 Å². The van der Waals surface area contributed by atoms with Crippen LogP contribution in [0.4, 0.5) is 5.69 Å². The molecular weight excluding hydrogens is 432 g/mol. The fraction of sp³-hybridized carbons (Fsp3) is 0.269. The number of aryl methyl sites for hydroxylation is 1. The van der Waals surface area contributed by atoms with Crippen LogP contribution in [0.15, 0.2) is 65.8 Å². The zero-order valence-corrected chi connectivity index (χ0v) is 19.6. The first-order chi connectivity index (χ1) is 16.5. The van der Waals surface area contributed by atoms with E-state index in [2.05, 4.69) is 17.2 Å². The number of anilines is 1. The van der Waals surface area contributed by atoms with Crippen LogP contribution in [0.2, 0.25) is 0 Å². The van der Waals surface area contributed by atoms with E-state index >= 15 is 0 Å². The molecule has 176 valence electrons. The molecule has 4 rings (SSSR count). The van der Waals surface area contributed by atoms with Crippen LogP contribution in [-0.4, -0.2) is 34.2 Å². The fourth-order valence-electron chi connectivity index (χ4n) is 3.91. The predicted octanol–water partition coefficient (Wildman–Crippen LogP) is 4.32. The second-order valence-corrected chi connectivity index (χ2v) is 7.94. The predicted molar refractivity (Wildman–Crippen MR) is 133 cm³/mol. The Bertz CT molecular complexity index is 1360. The molecule has 2 aromatic heterocycles. The van der Waals surface area contributed by atoms with Crippen LogP contribution in [-0.2, 0) is 17.9 Å². The van der Waals surface area contributed by atoms with Crippen molar-refractivity contribution in [1.29, 1.82) is 0 Å². The number of nitrogens with zero attached hydrogens (tertiary/aromatic N) is 3. The number of hydrogen-bond donors (Lipinski definition) is 1. The van der Waals surface area contributed by atoms with Crippen molar-refractivity contribution in [2.75, 3.05) is 19.5 Å². The number of carbonyl (C=O) groups excluding carboxylic acids is 1. The molecule has 4 aromatic rings. The Kier molecular flexibility index (Phi) is 6.96. The molecule has 34 heavy (non-hydrogen) atoms. The number of rotatable bonds is 9. The molecule has 8 nitrogen and oxygen atoms in total. The second kappa shape index (κ2) is 10.2. The van der Waals surface area contributed by atoms with E-state index in [0.717, 1.165) is 24.0 Å². The molecule has 2 aromatic carbocycles. The number of hydrogen-bond acceptors (Lipinski definition) is 5. The van der Waals surface area contributed by atoms with Crippen molar-refractivity contribution in [3.8, 4) is 22.6 Å². The maximum Gasteiger partial charge on any atom is 0.277 e. The number of fused-ring (bicyclic) bond motifs is 1. The van der Waals surface area contributed by atoms with Crippen molar-refractivity contribution in [3.05, 3.63) is 71.4 Å². The summed E-state index contributed by atoms with van der Waals surface area (Å²) in [5, 5.41) is 2.87. The van der Waals surface area contributed by atoms with E-state index in [1.165, 1.54) is 7.11 Å². The SMILES string of the molecule is CCCCn1cnc2c(-c3ccccc3)cn(CC(=O)Nc3cc(OC)ccc3OC)c2c1=O. The summed E-state index contributed by atoms with van der Waals surface area (Å²) >= 11 is 0. The summed E-state index contributed by atoms with van der Waals surface area (Å²) in [6, 6.07) is 14.9. The van der Waals surface area contributed by atoms with E-state index in [1.807, 2.05) is 36.5 Å². The number of benzene rings is 2. The lowest BCUT2D eigenvalue weighted by Crippen LogP contribution is -2.25. The van der Waals surface area contributed by atoms with E-state index in [-0.39, 0.29) is 18.0 Å². The van der Waals surface area contributed by atoms with Gasteiger partial charge in [-0.05, 0) is 24.1 Å². The molecule has 8 heteroatoms. The lowest BCUT2D eigenvalue weighted by Gasteiger charge is -2.12. The minimum Gasteiger partial charge on any atom is -0.497 e. The average Bonchev–Trinajstić information content (AvgIpc) is 3.22. The quantitative estimate of drug-likeness (QED) is 0.402. The van der Waals surface area contributed by atoms with Crippen LogP contribution in [0.5, 0.6) is 11.5 Å². The Morgan fingerprint density at radius 1 is 1.06 bits per heavy atom. The third-order valence-electron chi connectivity index (χ3n) is 5.67.